The van der Waals surface area contributed by atoms with Crippen LogP contribution in [0.3, 0.4) is 0 Å². The normalized spacial score (nSPS) is 30.5. The molecule has 21 heavy (non-hydrogen) atoms. The Labute approximate surface area is 131 Å². The van der Waals surface area contributed by atoms with E-state index in [1.54, 1.807) is 11.1 Å². The Hall–Kier alpha value is -0.670. The van der Waals surface area contributed by atoms with Crippen molar-refractivity contribution in [3.8, 4) is 0 Å². The molecule has 2 aliphatic rings. The highest BCUT2D eigenvalue weighted by Gasteiger charge is 2.38. The van der Waals surface area contributed by atoms with E-state index in [1.165, 1.54) is 25.7 Å². The Morgan fingerprint density at radius 1 is 1.19 bits per heavy atom. The molecule has 1 fully saturated rings. The van der Waals surface area contributed by atoms with Crippen molar-refractivity contribution in [2.45, 2.75) is 50.3 Å². The average Bonchev–Trinajstić information content (AvgIpc) is 2.74. The number of benzene rings is 1. The molecule has 1 N–H and O–H groups in total. The van der Waals surface area contributed by atoms with Gasteiger partial charge in [0, 0.05) is 28.3 Å². The summed E-state index contributed by atoms with van der Waals surface area (Å²) < 4.78 is 11.5. The van der Waals surface area contributed by atoms with Gasteiger partial charge in [-0.05, 0) is 61.6 Å². The largest absolute Gasteiger partial charge is 0.313 e. The van der Waals surface area contributed by atoms with Crippen LogP contribution < -0.4 is 5.32 Å². The average molecular weight is 305 g/mol. The van der Waals surface area contributed by atoms with Gasteiger partial charge in [0.05, 0.1) is 0 Å². The van der Waals surface area contributed by atoms with Crippen molar-refractivity contribution in [2.24, 2.45) is 11.8 Å². The minimum Gasteiger partial charge on any atom is -0.313 e. The molecule has 1 aromatic carbocycles. The van der Waals surface area contributed by atoms with Gasteiger partial charge in [-0.25, -0.2) is 0 Å². The fraction of sp³-hybridized carbons (Fsp3) is 0.667. The summed E-state index contributed by atoms with van der Waals surface area (Å²) in [4.78, 5) is 0. The number of nitrogens with one attached hydrogen (secondary N) is 1. The van der Waals surface area contributed by atoms with Gasteiger partial charge >= 0.3 is 0 Å². The molecular formula is C18H27NOS. The lowest BCUT2D eigenvalue weighted by Crippen LogP contribution is -2.39. The van der Waals surface area contributed by atoms with Gasteiger partial charge in [-0.2, -0.15) is 0 Å². The number of rotatable bonds is 5. The molecule has 0 spiro atoms. The Kier molecular flexibility index (Phi) is 4.80. The van der Waals surface area contributed by atoms with Gasteiger partial charge in [-0.1, -0.05) is 31.2 Å². The van der Waals surface area contributed by atoms with Crippen molar-refractivity contribution in [1.82, 2.24) is 5.32 Å². The summed E-state index contributed by atoms with van der Waals surface area (Å²) in [7, 11) is -0.695. The predicted octanol–water partition coefficient (Wildman–Crippen LogP) is 2.93. The van der Waals surface area contributed by atoms with Crippen LogP contribution in [0.5, 0.6) is 0 Å². The van der Waals surface area contributed by atoms with Crippen LogP contribution in [-0.2, 0) is 23.6 Å². The molecule has 0 aliphatic heterocycles. The molecule has 0 amide bonds. The van der Waals surface area contributed by atoms with E-state index >= 15 is 0 Å². The molecule has 0 aromatic heterocycles. The van der Waals surface area contributed by atoms with E-state index < -0.39 is 10.8 Å². The Morgan fingerprint density at radius 3 is 2.29 bits per heavy atom. The molecule has 3 heteroatoms. The van der Waals surface area contributed by atoms with Crippen molar-refractivity contribution in [3.63, 3.8) is 0 Å². The number of hydrogen-bond donors (Lipinski definition) is 1. The molecule has 0 saturated heterocycles. The van der Waals surface area contributed by atoms with Gasteiger partial charge in [0.1, 0.15) is 0 Å². The molecule has 2 aliphatic carbocycles. The van der Waals surface area contributed by atoms with E-state index in [0.717, 1.165) is 24.8 Å². The zero-order chi connectivity index (χ0) is 14.8. The van der Waals surface area contributed by atoms with Crippen LogP contribution in [0.1, 0.15) is 37.3 Å². The van der Waals surface area contributed by atoms with Crippen LogP contribution in [0.4, 0.5) is 0 Å². The lowest BCUT2D eigenvalue weighted by atomic mass is 9.94. The first-order valence-corrected chi connectivity index (χ1v) is 9.89. The van der Waals surface area contributed by atoms with E-state index in [-0.39, 0.29) is 0 Å². The lowest BCUT2D eigenvalue weighted by Gasteiger charge is -2.24. The quantitative estimate of drug-likeness (QED) is 0.906. The van der Waals surface area contributed by atoms with Crippen LogP contribution in [0, 0.1) is 11.8 Å². The van der Waals surface area contributed by atoms with Crippen LogP contribution in [0.2, 0.25) is 0 Å². The van der Waals surface area contributed by atoms with Gasteiger partial charge in [-0.3, -0.25) is 4.21 Å². The van der Waals surface area contributed by atoms with Crippen molar-refractivity contribution in [2.75, 3.05) is 12.8 Å². The van der Waals surface area contributed by atoms with Crippen LogP contribution in [-0.4, -0.2) is 28.3 Å². The monoisotopic (exact) mass is 305 g/mol. The molecule has 0 radical (unpaired) electrons. The van der Waals surface area contributed by atoms with Gasteiger partial charge < -0.3 is 5.32 Å². The molecule has 1 saturated carbocycles. The second kappa shape index (κ2) is 6.62. The molecule has 116 valence electrons. The van der Waals surface area contributed by atoms with E-state index in [1.807, 2.05) is 6.26 Å². The van der Waals surface area contributed by atoms with Gasteiger partial charge in [0.2, 0.25) is 0 Å². The highest BCUT2D eigenvalue weighted by atomic mass is 32.2. The summed E-state index contributed by atoms with van der Waals surface area (Å²) in [6, 6.07) is 9.65. The van der Waals surface area contributed by atoms with Crippen molar-refractivity contribution in [3.05, 3.63) is 35.4 Å². The molecule has 0 heterocycles. The summed E-state index contributed by atoms with van der Waals surface area (Å²) in [5.41, 5.74) is 3.14. The number of hydrogen-bond acceptors (Lipinski definition) is 2. The smallest absolute Gasteiger partial charge is 0.0329 e. The fourth-order valence-electron chi connectivity index (χ4n) is 4.10. The molecule has 1 aromatic rings. The summed E-state index contributed by atoms with van der Waals surface area (Å²) in [6.07, 6.45) is 8.04. The van der Waals surface area contributed by atoms with Gasteiger partial charge in [0.25, 0.3) is 0 Å². The van der Waals surface area contributed by atoms with E-state index in [0.29, 0.717) is 11.3 Å². The highest BCUT2D eigenvalue weighted by Crippen LogP contribution is 2.39. The Morgan fingerprint density at radius 2 is 1.76 bits per heavy atom. The zero-order valence-electron chi connectivity index (χ0n) is 13.2. The van der Waals surface area contributed by atoms with E-state index in [2.05, 4.69) is 36.5 Å². The minimum atomic E-state index is -0.695. The Balaban J connectivity index is 1.62. The first-order valence-electron chi connectivity index (χ1n) is 8.27. The number of fused-ring (bicyclic) bond motifs is 3. The summed E-state index contributed by atoms with van der Waals surface area (Å²) in [5.74, 6) is 1.59. The maximum absolute atomic E-state index is 11.5. The summed E-state index contributed by atoms with van der Waals surface area (Å²) in [6.45, 7) is 3.10. The molecule has 4 unspecified atom stereocenters. The van der Waals surface area contributed by atoms with Crippen LogP contribution >= 0.6 is 0 Å². The van der Waals surface area contributed by atoms with Crippen molar-refractivity contribution < 1.29 is 4.21 Å². The SMILES string of the molecule is CC(CCNC1C2CCC1Cc1ccccc1C2)S(C)=O. The summed E-state index contributed by atoms with van der Waals surface area (Å²) in [5, 5.41) is 4.11. The van der Waals surface area contributed by atoms with E-state index in [9.17, 15) is 4.21 Å². The molecule has 2 nitrogen and oxygen atoms in total. The van der Waals surface area contributed by atoms with Crippen LogP contribution in [0.15, 0.2) is 24.3 Å². The Bertz CT molecular complexity index is 483. The van der Waals surface area contributed by atoms with E-state index in [4.69, 9.17) is 0 Å². The molecular weight excluding hydrogens is 278 g/mol. The lowest BCUT2D eigenvalue weighted by molar-refractivity contribution is 0.341. The topological polar surface area (TPSA) is 29.1 Å². The molecule has 4 atom stereocenters. The third-order valence-electron chi connectivity index (χ3n) is 5.50. The second-order valence-electron chi connectivity index (χ2n) is 6.85. The minimum absolute atomic E-state index is 0.304. The highest BCUT2D eigenvalue weighted by molar-refractivity contribution is 7.84. The van der Waals surface area contributed by atoms with Crippen molar-refractivity contribution in [1.29, 1.82) is 0 Å². The molecule has 2 bridgehead atoms. The van der Waals surface area contributed by atoms with Crippen molar-refractivity contribution >= 4 is 10.8 Å². The maximum atomic E-state index is 11.5. The van der Waals surface area contributed by atoms with Gasteiger partial charge in [0.15, 0.2) is 0 Å². The first-order chi connectivity index (χ1) is 10.1. The zero-order valence-corrected chi connectivity index (χ0v) is 14.0. The van der Waals surface area contributed by atoms with Gasteiger partial charge in [-0.15, -0.1) is 0 Å². The summed E-state index contributed by atoms with van der Waals surface area (Å²) >= 11 is 0. The third kappa shape index (κ3) is 3.40. The second-order valence-corrected chi connectivity index (χ2v) is 8.65. The predicted molar refractivity (Wildman–Crippen MR) is 90.0 cm³/mol. The first kappa shape index (κ1) is 15.2. The standard InChI is InChI=1S/C18H27NOS/c1-13(21(2)20)9-10-19-18-16-7-8-17(18)12-15-6-4-3-5-14(15)11-16/h3-6,13,16-19H,7-12H2,1-2H3. The molecule has 3 rings (SSSR count). The fourth-order valence-corrected chi connectivity index (χ4v) is 4.55. The van der Waals surface area contributed by atoms with Crippen LogP contribution in [0.25, 0.3) is 0 Å². The third-order valence-corrected chi connectivity index (χ3v) is 6.87. The maximum Gasteiger partial charge on any atom is 0.0329 e.